The summed E-state index contributed by atoms with van der Waals surface area (Å²) in [5.74, 6) is -2.24. The van der Waals surface area contributed by atoms with Gasteiger partial charge in [0, 0.05) is 6.04 Å². The third-order valence-corrected chi connectivity index (χ3v) is 3.08. The molecular formula is C15H20FNO4. The summed E-state index contributed by atoms with van der Waals surface area (Å²) in [5.41, 5.74) is -0.202. The maximum Gasteiger partial charge on any atom is 0.305 e. The largest absolute Gasteiger partial charge is 0.496 e. The van der Waals surface area contributed by atoms with E-state index in [1.165, 1.54) is 19.2 Å². The molecule has 2 N–H and O–H groups in total. The minimum absolute atomic E-state index is 0.122. The average Bonchev–Trinajstić information content (AvgIpc) is 2.43. The van der Waals surface area contributed by atoms with E-state index < -0.39 is 23.7 Å². The molecule has 0 saturated heterocycles. The number of unbranched alkanes of at least 4 members (excludes halogenated alkanes) is 1. The van der Waals surface area contributed by atoms with E-state index in [2.05, 4.69) is 5.32 Å². The summed E-state index contributed by atoms with van der Waals surface area (Å²) in [5, 5.41) is 11.4. The first kappa shape index (κ1) is 16.9. The number of carboxylic acid groups (broad SMARTS) is 1. The lowest BCUT2D eigenvalue weighted by Gasteiger charge is -2.18. The number of hydrogen-bond donors (Lipinski definition) is 2. The Morgan fingerprint density at radius 3 is 2.71 bits per heavy atom. The third kappa shape index (κ3) is 5.06. The van der Waals surface area contributed by atoms with Crippen LogP contribution >= 0.6 is 0 Å². The molecule has 21 heavy (non-hydrogen) atoms. The molecule has 1 aromatic carbocycles. The number of nitrogens with one attached hydrogen (secondary N) is 1. The first-order valence-corrected chi connectivity index (χ1v) is 6.84. The fourth-order valence-corrected chi connectivity index (χ4v) is 2.04. The molecule has 0 aliphatic heterocycles. The van der Waals surface area contributed by atoms with Crippen LogP contribution in [-0.2, 0) is 4.79 Å². The highest BCUT2D eigenvalue weighted by Gasteiger charge is 2.21. The van der Waals surface area contributed by atoms with Crippen molar-refractivity contribution < 1.29 is 23.8 Å². The lowest BCUT2D eigenvalue weighted by Crippen LogP contribution is -2.37. The number of amides is 1. The van der Waals surface area contributed by atoms with Crippen LogP contribution in [0.15, 0.2) is 18.2 Å². The molecule has 5 nitrogen and oxygen atoms in total. The maximum absolute atomic E-state index is 13.8. The first-order valence-electron chi connectivity index (χ1n) is 6.84. The zero-order valence-electron chi connectivity index (χ0n) is 12.2. The summed E-state index contributed by atoms with van der Waals surface area (Å²) in [6, 6.07) is 3.56. The van der Waals surface area contributed by atoms with Crippen LogP contribution < -0.4 is 10.1 Å². The van der Waals surface area contributed by atoms with Crippen molar-refractivity contribution in [1.82, 2.24) is 5.32 Å². The molecule has 0 bridgehead atoms. The highest BCUT2D eigenvalue weighted by molar-refractivity contribution is 5.97. The average molecular weight is 297 g/mol. The number of carboxylic acids is 1. The molecule has 6 heteroatoms. The van der Waals surface area contributed by atoms with E-state index in [9.17, 15) is 14.0 Å². The van der Waals surface area contributed by atoms with Gasteiger partial charge in [0.25, 0.3) is 5.91 Å². The molecular weight excluding hydrogens is 277 g/mol. The summed E-state index contributed by atoms with van der Waals surface area (Å²) in [4.78, 5) is 23.0. The maximum atomic E-state index is 13.8. The number of carbonyl (C=O) groups is 2. The minimum atomic E-state index is -1.00. The van der Waals surface area contributed by atoms with Crippen molar-refractivity contribution in [3.63, 3.8) is 0 Å². The van der Waals surface area contributed by atoms with Crippen molar-refractivity contribution in [3.8, 4) is 5.75 Å². The van der Waals surface area contributed by atoms with E-state index in [0.29, 0.717) is 6.42 Å². The number of halogens is 1. The quantitative estimate of drug-likeness (QED) is 0.773. The van der Waals surface area contributed by atoms with Gasteiger partial charge in [0.15, 0.2) is 0 Å². The molecule has 0 aliphatic carbocycles. The van der Waals surface area contributed by atoms with Gasteiger partial charge in [-0.3, -0.25) is 9.59 Å². The molecule has 0 aromatic heterocycles. The van der Waals surface area contributed by atoms with Crippen LogP contribution in [0.4, 0.5) is 4.39 Å². The molecule has 0 unspecified atom stereocenters. The van der Waals surface area contributed by atoms with E-state index in [4.69, 9.17) is 9.84 Å². The predicted octanol–water partition coefficient (Wildman–Crippen LogP) is 2.60. The van der Waals surface area contributed by atoms with Crippen LogP contribution in [-0.4, -0.2) is 30.1 Å². The Kier molecular flexibility index (Phi) is 6.65. The van der Waals surface area contributed by atoms with Crippen molar-refractivity contribution in [2.45, 2.75) is 38.6 Å². The van der Waals surface area contributed by atoms with Gasteiger partial charge in [-0.15, -0.1) is 0 Å². The highest BCUT2D eigenvalue weighted by Crippen LogP contribution is 2.21. The van der Waals surface area contributed by atoms with Crippen LogP contribution in [0, 0.1) is 5.82 Å². The predicted molar refractivity (Wildman–Crippen MR) is 76.0 cm³/mol. The van der Waals surface area contributed by atoms with Gasteiger partial charge in [0.05, 0.1) is 13.5 Å². The minimum Gasteiger partial charge on any atom is -0.496 e. The van der Waals surface area contributed by atoms with Crippen molar-refractivity contribution in [3.05, 3.63) is 29.6 Å². The Labute approximate surface area is 123 Å². The van der Waals surface area contributed by atoms with Gasteiger partial charge in [-0.1, -0.05) is 25.8 Å². The van der Waals surface area contributed by atoms with E-state index in [-0.39, 0.29) is 17.7 Å². The molecule has 0 fully saturated rings. The monoisotopic (exact) mass is 297 g/mol. The fraction of sp³-hybridized carbons (Fsp3) is 0.467. The second-order valence-electron chi connectivity index (χ2n) is 4.73. The van der Waals surface area contributed by atoms with Gasteiger partial charge in [0.1, 0.15) is 17.1 Å². The van der Waals surface area contributed by atoms with Crippen LogP contribution in [0.5, 0.6) is 5.75 Å². The highest BCUT2D eigenvalue weighted by atomic mass is 19.1. The molecule has 1 aromatic rings. The second kappa shape index (κ2) is 8.24. The lowest BCUT2D eigenvalue weighted by molar-refractivity contribution is -0.137. The number of ether oxygens (including phenoxy) is 1. The number of carbonyl (C=O) groups excluding carboxylic acids is 1. The van der Waals surface area contributed by atoms with E-state index in [1.54, 1.807) is 0 Å². The molecule has 1 atom stereocenters. The number of aliphatic carboxylic acids is 1. The molecule has 0 radical (unpaired) electrons. The SMILES string of the molecule is CCCC[C@@H](CC(=O)O)NC(=O)c1c(F)cccc1OC. The van der Waals surface area contributed by atoms with Crippen LogP contribution in [0.25, 0.3) is 0 Å². The van der Waals surface area contributed by atoms with Crippen molar-refractivity contribution in [2.75, 3.05) is 7.11 Å². The summed E-state index contributed by atoms with van der Waals surface area (Å²) >= 11 is 0. The standard InChI is InChI=1S/C15H20FNO4/c1-3-4-6-10(9-13(18)19)17-15(20)14-11(16)7-5-8-12(14)21-2/h5,7-8,10H,3-4,6,9H2,1-2H3,(H,17,20)(H,18,19)/t10-/m0/s1. The number of hydrogen-bond acceptors (Lipinski definition) is 3. The van der Waals surface area contributed by atoms with Crippen LogP contribution in [0.3, 0.4) is 0 Å². The van der Waals surface area contributed by atoms with E-state index in [1.807, 2.05) is 6.92 Å². The Bertz CT molecular complexity index is 504. The lowest BCUT2D eigenvalue weighted by atomic mass is 10.1. The normalized spacial score (nSPS) is 11.8. The van der Waals surface area contributed by atoms with Gasteiger partial charge >= 0.3 is 5.97 Å². The van der Waals surface area contributed by atoms with Crippen LogP contribution in [0.1, 0.15) is 43.0 Å². The Morgan fingerprint density at radius 2 is 2.14 bits per heavy atom. The zero-order valence-corrected chi connectivity index (χ0v) is 12.2. The van der Waals surface area contributed by atoms with Crippen molar-refractivity contribution in [1.29, 1.82) is 0 Å². The molecule has 0 heterocycles. The molecule has 1 amide bonds. The molecule has 116 valence electrons. The fourth-order valence-electron chi connectivity index (χ4n) is 2.04. The summed E-state index contributed by atoms with van der Waals surface area (Å²) in [7, 11) is 1.34. The molecule has 0 aliphatic rings. The topological polar surface area (TPSA) is 75.6 Å². The Balaban J connectivity index is 2.88. The van der Waals surface area contributed by atoms with Gasteiger partial charge < -0.3 is 15.2 Å². The molecule has 0 spiro atoms. The van der Waals surface area contributed by atoms with Crippen LogP contribution in [0.2, 0.25) is 0 Å². The van der Waals surface area contributed by atoms with Crippen molar-refractivity contribution in [2.24, 2.45) is 0 Å². The second-order valence-corrected chi connectivity index (χ2v) is 4.73. The number of methoxy groups -OCH3 is 1. The summed E-state index contributed by atoms with van der Waals surface area (Å²) in [6.07, 6.45) is 2.01. The summed E-state index contributed by atoms with van der Waals surface area (Å²) < 4.78 is 18.8. The smallest absolute Gasteiger partial charge is 0.305 e. The zero-order chi connectivity index (χ0) is 15.8. The van der Waals surface area contributed by atoms with E-state index >= 15 is 0 Å². The summed E-state index contributed by atoms with van der Waals surface area (Å²) in [6.45, 7) is 1.97. The molecule has 1 rings (SSSR count). The van der Waals surface area contributed by atoms with Gasteiger partial charge in [-0.25, -0.2) is 4.39 Å². The first-order chi connectivity index (χ1) is 9.99. The number of benzene rings is 1. The Hall–Kier alpha value is -2.11. The van der Waals surface area contributed by atoms with Gasteiger partial charge in [-0.2, -0.15) is 0 Å². The molecule has 0 saturated carbocycles. The van der Waals surface area contributed by atoms with E-state index in [0.717, 1.165) is 18.9 Å². The van der Waals surface area contributed by atoms with Crippen molar-refractivity contribution >= 4 is 11.9 Å². The Morgan fingerprint density at radius 1 is 1.43 bits per heavy atom. The number of rotatable bonds is 8. The third-order valence-electron chi connectivity index (χ3n) is 3.08. The van der Waals surface area contributed by atoms with Gasteiger partial charge in [-0.05, 0) is 18.6 Å². The van der Waals surface area contributed by atoms with Gasteiger partial charge in [0.2, 0.25) is 0 Å².